The van der Waals surface area contributed by atoms with Gasteiger partial charge in [-0.1, -0.05) is 6.92 Å². The summed E-state index contributed by atoms with van der Waals surface area (Å²) in [4.78, 5) is 21.8. The molecule has 0 bridgehead atoms. The summed E-state index contributed by atoms with van der Waals surface area (Å²) in [5, 5.41) is 9.36. The van der Waals surface area contributed by atoms with Gasteiger partial charge in [0.2, 0.25) is 0 Å². The Morgan fingerprint density at radius 3 is 2.17 bits per heavy atom. The van der Waals surface area contributed by atoms with Gasteiger partial charge in [-0.25, -0.2) is 8.42 Å². The molecule has 0 N–H and O–H groups in total. The van der Waals surface area contributed by atoms with Crippen LogP contribution < -0.4 is 0 Å². The number of rotatable bonds is 5. The molecule has 1 atom stereocenters. The lowest BCUT2D eigenvalue weighted by Gasteiger charge is -2.11. The minimum Gasteiger partial charge on any atom is -0.293 e. The molecule has 0 aliphatic carbocycles. The summed E-state index contributed by atoms with van der Waals surface area (Å²) in [5.41, 5.74) is 0.0248. The van der Waals surface area contributed by atoms with Crippen molar-refractivity contribution >= 4 is 21.3 Å². The van der Waals surface area contributed by atoms with E-state index in [1.54, 1.807) is 6.92 Å². The highest BCUT2D eigenvalue weighted by Gasteiger charge is 2.28. The van der Waals surface area contributed by atoms with Crippen molar-refractivity contribution in [3.8, 4) is 0 Å². The smallest absolute Gasteiger partial charge is 0.269 e. The number of nitrogens with zero attached hydrogens (tertiary/aromatic N) is 1. The maximum atomic E-state index is 12.0. The lowest BCUT2D eigenvalue weighted by Crippen LogP contribution is -2.28. The molecule has 98 valence electrons. The van der Waals surface area contributed by atoms with Crippen LogP contribution in [-0.4, -0.2) is 30.6 Å². The Bertz CT molecular complexity index is 562. The molecule has 0 amide bonds. The maximum absolute atomic E-state index is 12.0. The fourth-order valence-corrected chi connectivity index (χ4v) is 2.75. The molecule has 1 aromatic rings. The first-order chi connectivity index (χ1) is 8.27. The molecular formula is C11H13NO5S. The number of ketones is 1. The van der Waals surface area contributed by atoms with Crippen LogP contribution in [0.5, 0.6) is 0 Å². The number of sulfone groups is 1. The molecular weight excluding hydrogens is 258 g/mol. The van der Waals surface area contributed by atoms with Crippen molar-refractivity contribution in [1.82, 2.24) is 0 Å². The average Bonchev–Trinajstić information content (AvgIpc) is 2.28. The van der Waals surface area contributed by atoms with E-state index in [1.165, 1.54) is 24.3 Å². The number of hydrogen-bond donors (Lipinski definition) is 0. The second-order valence-corrected chi connectivity index (χ2v) is 6.12. The number of carbonyl (C=O) groups excluding carboxylic acids is 1. The summed E-state index contributed by atoms with van der Waals surface area (Å²) >= 11 is 0. The molecule has 0 radical (unpaired) electrons. The molecule has 0 fully saturated rings. The third-order valence-electron chi connectivity index (χ3n) is 2.54. The number of hydrogen-bond acceptors (Lipinski definition) is 5. The van der Waals surface area contributed by atoms with Crippen molar-refractivity contribution in [1.29, 1.82) is 0 Å². The van der Waals surface area contributed by atoms with Crippen LogP contribution in [0.25, 0.3) is 0 Å². The predicted octanol–water partition coefficient (Wildman–Crippen LogP) is 1.60. The minimum absolute atomic E-state index is 0.140. The van der Waals surface area contributed by atoms with E-state index < -0.39 is 25.8 Å². The van der Waals surface area contributed by atoms with Crippen LogP contribution in [0.15, 0.2) is 24.3 Å². The van der Waals surface area contributed by atoms with Gasteiger partial charge in [0.1, 0.15) is 5.25 Å². The highest BCUT2D eigenvalue weighted by molar-refractivity contribution is 7.92. The first kappa shape index (κ1) is 14.3. The van der Waals surface area contributed by atoms with E-state index in [-0.39, 0.29) is 17.7 Å². The standard InChI is InChI=1S/C11H13NO5S/c1-3-10(18(2,16)17)11(13)8-4-6-9(7-5-8)12(14)15/h4-7,10H,3H2,1-2H3. The molecule has 6 nitrogen and oxygen atoms in total. The number of carbonyl (C=O) groups is 1. The van der Waals surface area contributed by atoms with Gasteiger partial charge in [0.15, 0.2) is 15.6 Å². The number of non-ortho nitro benzene ring substituents is 1. The Balaban J connectivity index is 3.07. The molecule has 0 saturated carbocycles. The largest absolute Gasteiger partial charge is 0.293 e. The van der Waals surface area contributed by atoms with E-state index in [1.807, 2.05) is 0 Å². The molecule has 1 unspecified atom stereocenters. The molecule has 0 spiro atoms. The monoisotopic (exact) mass is 271 g/mol. The zero-order valence-corrected chi connectivity index (χ0v) is 10.8. The molecule has 7 heteroatoms. The lowest BCUT2D eigenvalue weighted by molar-refractivity contribution is -0.384. The van der Waals surface area contributed by atoms with E-state index in [9.17, 15) is 23.3 Å². The summed E-state index contributed by atoms with van der Waals surface area (Å²) in [7, 11) is -3.47. The van der Waals surface area contributed by atoms with Crippen LogP contribution in [0.1, 0.15) is 23.7 Å². The molecule has 1 aromatic carbocycles. The number of nitro benzene ring substituents is 1. The Morgan fingerprint density at radius 2 is 1.83 bits per heavy atom. The first-order valence-electron chi connectivity index (χ1n) is 5.25. The molecule has 0 heterocycles. The topological polar surface area (TPSA) is 94.3 Å². The second kappa shape index (κ2) is 5.26. The van der Waals surface area contributed by atoms with Crippen molar-refractivity contribution in [3.63, 3.8) is 0 Å². The zero-order chi connectivity index (χ0) is 13.9. The lowest BCUT2D eigenvalue weighted by atomic mass is 10.1. The Labute approximate surface area is 105 Å². The van der Waals surface area contributed by atoms with Gasteiger partial charge in [0, 0.05) is 24.0 Å². The highest BCUT2D eigenvalue weighted by Crippen LogP contribution is 2.16. The summed E-state index contributed by atoms with van der Waals surface area (Å²) < 4.78 is 22.8. The maximum Gasteiger partial charge on any atom is 0.269 e. The van der Waals surface area contributed by atoms with Gasteiger partial charge in [-0.3, -0.25) is 14.9 Å². The summed E-state index contributed by atoms with van der Waals surface area (Å²) in [6.07, 6.45) is 1.18. The van der Waals surface area contributed by atoms with Crippen LogP contribution in [0, 0.1) is 10.1 Å². The molecule has 18 heavy (non-hydrogen) atoms. The van der Waals surface area contributed by atoms with E-state index in [0.717, 1.165) is 6.26 Å². The Morgan fingerprint density at radius 1 is 1.33 bits per heavy atom. The molecule has 0 aliphatic heterocycles. The van der Waals surface area contributed by atoms with Crippen molar-refractivity contribution in [2.24, 2.45) is 0 Å². The highest BCUT2D eigenvalue weighted by atomic mass is 32.2. The summed E-state index contributed by atoms with van der Waals surface area (Å²) in [5.74, 6) is -0.533. The fourth-order valence-electron chi connectivity index (χ4n) is 1.62. The third kappa shape index (κ3) is 3.13. The van der Waals surface area contributed by atoms with E-state index in [0.29, 0.717) is 0 Å². The molecule has 0 aromatic heterocycles. The number of benzene rings is 1. The molecule has 0 saturated heterocycles. The Kier molecular flexibility index (Phi) is 4.18. The Hall–Kier alpha value is -1.76. The second-order valence-electron chi connectivity index (χ2n) is 3.89. The van der Waals surface area contributed by atoms with Crippen molar-refractivity contribution in [2.75, 3.05) is 6.26 Å². The quantitative estimate of drug-likeness (QED) is 0.460. The molecule has 0 aliphatic rings. The SMILES string of the molecule is CCC(C(=O)c1ccc([N+](=O)[O-])cc1)S(C)(=O)=O. The van der Waals surface area contributed by atoms with Gasteiger partial charge in [-0.05, 0) is 18.6 Å². The van der Waals surface area contributed by atoms with Gasteiger partial charge in [0.25, 0.3) is 5.69 Å². The third-order valence-corrected chi connectivity index (χ3v) is 4.12. The van der Waals surface area contributed by atoms with Gasteiger partial charge in [-0.15, -0.1) is 0 Å². The summed E-state index contributed by atoms with van der Waals surface area (Å²) in [6.45, 7) is 1.61. The van der Waals surface area contributed by atoms with Crippen molar-refractivity contribution in [3.05, 3.63) is 39.9 Å². The summed E-state index contributed by atoms with van der Waals surface area (Å²) in [6, 6.07) is 4.91. The van der Waals surface area contributed by atoms with Gasteiger partial charge in [0.05, 0.1) is 4.92 Å². The van der Waals surface area contributed by atoms with E-state index in [2.05, 4.69) is 0 Å². The number of nitro groups is 1. The first-order valence-corrected chi connectivity index (χ1v) is 7.20. The van der Waals surface area contributed by atoms with Gasteiger partial charge in [-0.2, -0.15) is 0 Å². The zero-order valence-electron chi connectivity index (χ0n) is 9.99. The van der Waals surface area contributed by atoms with Crippen LogP contribution in [0.2, 0.25) is 0 Å². The van der Waals surface area contributed by atoms with Gasteiger partial charge < -0.3 is 0 Å². The van der Waals surface area contributed by atoms with Crippen LogP contribution in [0.3, 0.4) is 0 Å². The molecule has 1 rings (SSSR count). The number of Topliss-reactive ketones (excluding diaryl/α,β-unsaturated/α-hetero) is 1. The average molecular weight is 271 g/mol. The minimum atomic E-state index is -3.47. The van der Waals surface area contributed by atoms with Crippen LogP contribution >= 0.6 is 0 Å². The van der Waals surface area contributed by atoms with E-state index >= 15 is 0 Å². The van der Waals surface area contributed by atoms with Gasteiger partial charge >= 0.3 is 0 Å². The van der Waals surface area contributed by atoms with E-state index in [4.69, 9.17) is 0 Å². The van der Waals surface area contributed by atoms with Crippen molar-refractivity contribution < 1.29 is 18.1 Å². The van der Waals surface area contributed by atoms with Crippen molar-refractivity contribution in [2.45, 2.75) is 18.6 Å². The fraction of sp³-hybridized carbons (Fsp3) is 0.364. The predicted molar refractivity (Wildman–Crippen MR) is 66.3 cm³/mol. The normalized spacial score (nSPS) is 13.0. The van der Waals surface area contributed by atoms with Crippen LogP contribution in [0.4, 0.5) is 5.69 Å². The van der Waals surface area contributed by atoms with Crippen LogP contribution in [-0.2, 0) is 9.84 Å².